The highest BCUT2D eigenvalue weighted by molar-refractivity contribution is 6.31. The van der Waals surface area contributed by atoms with E-state index in [4.69, 9.17) is 11.6 Å². The van der Waals surface area contributed by atoms with Crippen LogP contribution in [0.5, 0.6) is 11.5 Å². The topological polar surface area (TPSA) is 51.6 Å². The number of rotatable bonds is 7. The standard InChI is InChI=1S/C16H14ClF4NO3/c1-8-6-22-7-11(17)10(8)5-12(23)9-2-3-13(24-15(18)19)14(4-9)25-16(20)21/h2-4,6-7,12,15-16,23H,5H2,1H3. The van der Waals surface area contributed by atoms with E-state index >= 15 is 0 Å². The minimum Gasteiger partial charge on any atom is -0.431 e. The Hall–Kier alpha value is -2.06. The summed E-state index contributed by atoms with van der Waals surface area (Å²) >= 11 is 6.04. The number of hydrogen-bond donors (Lipinski definition) is 1. The van der Waals surface area contributed by atoms with Crippen LogP contribution in [0, 0.1) is 6.92 Å². The number of alkyl halides is 4. The second-order valence-corrected chi connectivity index (χ2v) is 5.51. The molecule has 0 saturated heterocycles. The van der Waals surface area contributed by atoms with Crippen LogP contribution in [0.1, 0.15) is 22.8 Å². The van der Waals surface area contributed by atoms with Crippen LogP contribution in [-0.4, -0.2) is 23.3 Å². The van der Waals surface area contributed by atoms with Crippen LogP contribution in [0.2, 0.25) is 5.02 Å². The van der Waals surface area contributed by atoms with Gasteiger partial charge in [-0.1, -0.05) is 17.7 Å². The summed E-state index contributed by atoms with van der Waals surface area (Å²) < 4.78 is 57.9. The first-order chi connectivity index (χ1) is 11.8. The van der Waals surface area contributed by atoms with Crippen LogP contribution < -0.4 is 9.47 Å². The minimum absolute atomic E-state index is 0.0797. The Bertz CT molecular complexity index is 710. The van der Waals surface area contributed by atoms with Gasteiger partial charge in [0.15, 0.2) is 11.5 Å². The number of hydrogen-bond acceptors (Lipinski definition) is 4. The molecule has 1 aromatic heterocycles. The summed E-state index contributed by atoms with van der Waals surface area (Å²) in [5, 5.41) is 10.7. The molecule has 0 radical (unpaired) electrons. The maximum atomic E-state index is 12.5. The zero-order valence-corrected chi connectivity index (χ0v) is 13.7. The summed E-state index contributed by atoms with van der Waals surface area (Å²) in [7, 11) is 0. The highest BCUT2D eigenvalue weighted by atomic mass is 35.5. The van der Waals surface area contributed by atoms with Crippen molar-refractivity contribution in [2.24, 2.45) is 0 Å². The maximum absolute atomic E-state index is 12.5. The zero-order valence-electron chi connectivity index (χ0n) is 12.9. The Kier molecular flexibility index (Phi) is 6.44. The molecule has 1 heterocycles. The molecule has 1 atom stereocenters. The fourth-order valence-corrected chi connectivity index (χ4v) is 2.52. The van der Waals surface area contributed by atoms with Gasteiger partial charge in [-0.2, -0.15) is 17.6 Å². The molecule has 0 aliphatic carbocycles. The molecule has 25 heavy (non-hydrogen) atoms. The minimum atomic E-state index is -3.23. The molecule has 0 aliphatic rings. The van der Waals surface area contributed by atoms with Crippen molar-refractivity contribution in [1.29, 1.82) is 0 Å². The van der Waals surface area contributed by atoms with E-state index < -0.39 is 30.8 Å². The number of ether oxygens (including phenoxy) is 2. The van der Waals surface area contributed by atoms with E-state index in [1.165, 1.54) is 12.3 Å². The maximum Gasteiger partial charge on any atom is 0.387 e. The molecule has 9 heteroatoms. The van der Waals surface area contributed by atoms with E-state index in [-0.39, 0.29) is 12.0 Å². The second-order valence-electron chi connectivity index (χ2n) is 5.10. The van der Waals surface area contributed by atoms with Gasteiger partial charge in [0.1, 0.15) is 0 Å². The van der Waals surface area contributed by atoms with Gasteiger partial charge in [0.2, 0.25) is 0 Å². The molecule has 136 valence electrons. The van der Waals surface area contributed by atoms with Crippen molar-refractivity contribution in [3.8, 4) is 11.5 Å². The largest absolute Gasteiger partial charge is 0.431 e. The molecule has 0 fully saturated rings. The average molecular weight is 380 g/mol. The van der Waals surface area contributed by atoms with Gasteiger partial charge in [-0.3, -0.25) is 4.98 Å². The molecular formula is C16H14ClF4NO3. The van der Waals surface area contributed by atoms with Crippen molar-refractivity contribution < 1.29 is 32.1 Å². The van der Waals surface area contributed by atoms with Crippen molar-refractivity contribution in [3.63, 3.8) is 0 Å². The first-order valence-corrected chi connectivity index (χ1v) is 7.46. The van der Waals surface area contributed by atoms with Crippen LogP contribution in [0.15, 0.2) is 30.6 Å². The van der Waals surface area contributed by atoms with E-state index in [1.54, 1.807) is 13.1 Å². The molecule has 1 N–H and O–H groups in total. The van der Waals surface area contributed by atoms with Crippen molar-refractivity contribution >= 4 is 11.6 Å². The Balaban J connectivity index is 2.28. The molecule has 1 aromatic carbocycles. The number of aliphatic hydroxyl groups is 1. The normalized spacial score (nSPS) is 12.5. The zero-order chi connectivity index (χ0) is 18.6. The van der Waals surface area contributed by atoms with Crippen LogP contribution in [0.3, 0.4) is 0 Å². The Labute approximate surface area is 146 Å². The van der Waals surface area contributed by atoms with Crippen molar-refractivity contribution in [2.45, 2.75) is 32.7 Å². The number of aromatic nitrogens is 1. The van der Waals surface area contributed by atoms with E-state index in [1.807, 2.05) is 0 Å². The highest BCUT2D eigenvalue weighted by Crippen LogP contribution is 2.34. The van der Waals surface area contributed by atoms with Crippen LogP contribution in [0.25, 0.3) is 0 Å². The van der Waals surface area contributed by atoms with Gasteiger partial charge < -0.3 is 14.6 Å². The van der Waals surface area contributed by atoms with Gasteiger partial charge >= 0.3 is 13.2 Å². The van der Waals surface area contributed by atoms with Gasteiger partial charge in [0, 0.05) is 18.8 Å². The van der Waals surface area contributed by atoms with Gasteiger partial charge in [-0.25, -0.2) is 0 Å². The summed E-state index contributed by atoms with van der Waals surface area (Å²) in [6.07, 6.45) is 1.94. The molecule has 0 saturated carbocycles. The Morgan fingerprint density at radius 2 is 1.72 bits per heavy atom. The number of pyridine rings is 1. The number of halogens is 5. The lowest BCUT2D eigenvalue weighted by Crippen LogP contribution is -2.09. The lowest BCUT2D eigenvalue weighted by Gasteiger charge is -2.17. The third-order valence-corrected chi connectivity index (χ3v) is 3.73. The number of benzene rings is 1. The van der Waals surface area contributed by atoms with Gasteiger partial charge in [-0.05, 0) is 35.7 Å². The summed E-state index contributed by atoms with van der Waals surface area (Å²) in [4.78, 5) is 3.91. The van der Waals surface area contributed by atoms with Gasteiger partial charge in [-0.15, -0.1) is 0 Å². The third-order valence-electron chi connectivity index (χ3n) is 3.40. The molecule has 0 amide bonds. The van der Waals surface area contributed by atoms with Crippen LogP contribution in [-0.2, 0) is 6.42 Å². The first-order valence-electron chi connectivity index (χ1n) is 7.08. The molecule has 0 bridgehead atoms. The quantitative estimate of drug-likeness (QED) is 0.718. The molecular weight excluding hydrogens is 366 g/mol. The fourth-order valence-electron chi connectivity index (χ4n) is 2.24. The van der Waals surface area contributed by atoms with E-state index in [0.29, 0.717) is 10.6 Å². The highest BCUT2D eigenvalue weighted by Gasteiger charge is 2.19. The molecule has 2 rings (SSSR count). The summed E-state index contributed by atoms with van der Waals surface area (Å²) in [6, 6.07) is 3.34. The first kappa shape index (κ1) is 19.3. The summed E-state index contributed by atoms with van der Waals surface area (Å²) in [6.45, 7) is -4.68. The number of nitrogens with zero attached hydrogens (tertiary/aromatic N) is 1. The number of aliphatic hydroxyl groups excluding tert-OH is 1. The van der Waals surface area contributed by atoms with E-state index in [2.05, 4.69) is 14.5 Å². The Morgan fingerprint density at radius 3 is 2.32 bits per heavy atom. The van der Waals surface area contributed by atoms with Gasteiger partial charge in [0.05, 0.1) is 11.1 Å². The fraction of sp³-hybridized carbons (Fsp3) is 0.312. The predicted molar refractivity (Wildman–Crippen MR) is 82.4 cm³/mol. The molecule has 0 aliphatic heterocycles. The molecule has 0 spiro atoms. The average Bonchev–Trinajstić information content (AvgIpc) is 2.51. The number of aryl methyl sites for hydroxylation is 1. The third kappa shape index (κ3) is 5.20. The smallest absolute Gasteiger partial charge is 0.387 e. The molecule has 4 nitrogen and oxygen atoms in total. The Morgan fingerprint density at radius 1 is 1.08 bits per heavy atom. The molecule has 2 aromatic rings. The van der Waals surface area contributed by atoms with Crippen molar-refractivity contribution in [1.82, 2.24) is 4.98 Å². The monoisotopic (exact) mass is 379 g/mol. The molecule has 1 unspecified atom stereocenters. The van der Waals surface area contributed by atoms with Crippen molar-refractivity contribution in [2.75, 3.05) is 0 Å². The predicted octanol–water partition coefficient (Wildman–Crippen LogP) is 4.52. The van der Waals surface area contributed by atoms with Crippen LogP contribution >= 0.6 is 11.6 Å². The summed E-state index contributed by atoms with van der Waals surface area (Å²) in [5.41, 5.74) is 1.56. The van der Waals surface area contributed by atoms with E-state index in [0.717, 1.165) is 17.7 Å². The summed E-state index contributed by atoms with van der Waals surface area (Å²) in [5.74, 6) is -1.14. The SMILES string of the molecule is Cc1cncc(Cl)c1CC(O)c1ccc(OC(F)F)c(OC(F)F)c1. The van der Waals surface area contributed by atoms with Crippen molar-refractivity contribution in [3.05, 3.63) is 52.3 Å². The van der Waals surface area contributed by atoms with Crippen LogP contribution in [0.4, 0.5) is 17.6 Å². The second kappa shape index (κ2) is 8.35. The van der Waals surface area contributed by atoms with Gasteiger partial charge in [0.25, 0.3) is 0 Å². The lowest BCUT2D eigenvalue weighted by molar-refractivity contribution is -0.0693. The van der Waals surface area contributed by atoms with E-state index in [9.17, 15) is 22.7 Å². The lowest BCUT2D eigenvalue weighted by atomic mass is 9.99.